The molecule has 6 nitrogen and oxygen atoms in total. The van der Waals surface area contributed by atoms with E-state index in [4.69, 9.17) is 31.7 Å². The Hall–Kier alpha value is -3.73. The van der Waals surface area contributed by atoms with Crippen molar-refractivity contribution in [3.8, 4) is 23.0 Å². The molecule has 0 amide bonds. The van der Waals surface area contributed by atoms with Crippen molar-refractivity contribution in [2.24, 2.45) is 0 Å². The highest BCUT2D eigenvalue weighted by atomic mass is 31.2. The van der Waals surface area contributed by atoms with E-state index in [1.165, 1.54) is 14.2 Å². The van der Waals surface area contributed by atoms with E-state index >= 15 is 0 Å². The van der Waals surface area contributed by atoms with Gasteiger partial charge in [0.15, 0.2) is 34.4 Å². The molecule has 0 aliphatic carbocycles. The van der Waals surface area contributed by atoms with Crippen LogP contribution in [0, 0.1) is 13.1 Å². The summed E-state index contributed by atoms with van der Waals surface area (Å²) in [6.45, 7) is 14.3. The van der Waals surface area contributed by atoms with E-state index in [9.17, 15) is 0 Å². The van der Waals surface area contributed by atoms with E-state index < -0.39 is 8.38 Å². The second kappa shape index (κ2) is 9.46. The molecular weight excluding hydrogens is 387 g/mol. The maximum atomic E-state index is 7.16. The molecule has 0 aliphatic rings. The smallest absolute Gasteiger partial charge is 0.326 e. The molecule has 7 heteroatoms. The van der Waals surface area contributed by atoms with Crippen LogP contribution < -0.4 is 23.8 Å². The topological polar surface area (TPSA) is 45.6 Å². The van der Waals surface area contributed by atoms with Crippen LogP contribution in [0.1, 0.15) is 0 Å². The molecule has 0 saturated heterocycles. The van der Waals surface area contributed by atoms with Crippen LogP contribution in [0.15, 0.2) is 66.7 Å². The van der Waals surface area contributed by atoms with Crippen molar-refractivity contribution in [3.63, 3.8) is 0 Å². The molecule has 3 aromatic carbocycles. The van der Waals surface area contributed by atoms with E-state index in [1.807, 2.05) is 30.3 Å². The Balaban J connectivity index is 1.97. The maximum Gasteiger partial charge on any atom is 0.326 e. The van der Waals surface area contributed by atoms with Gasteiger partial charge in [0.2, 0.25) is 0 Å². The zero-order chi connectivity index (χ0) is 20.6. The molecule has 0 saturated carbocycles. The van der Waals surface area contributed by atoms with Crippen LogP contribution in [0.25, 0.3) is 9.69 Å². The van der Waals surface area contributed by atoms with Gasteiger partial charge in [0.25, 0.3) is 0 Å². The normalized spacial score (nSPS) is 9.97. The van der Waals surface area contributed by atoms with Gasteiger partial charge in [0, 0.05) is 0 Å². The second-order valence-corrected chi connectivity index (χ2v) is 7.06. The Morgan fingerprint density at radius 1 is 0.655 bits per heavy atom. The summed E-state index contributed by atoms with van der Waals surface area (Å²) in [6.07, 6.45) is 0. The summed E-state index contributed by atoms with van der Waals surface area (Å²) in [6, 6.07) is 19.5. The molecule has 0 unspecified atom stereocenters. The molecule has 0 heterocycles. The van der Waals surface area contributed by atoms with Gasteiger partial charge in [-0.15, -0.1) is 0 Å². The van der Waals surface area contributed by atoms with Crippen LogP contribution in [-0.2, 0) is 0 Å². The molecule has 0 aromatic heterocycles. The number of ether oxygens (including phenoxy) is 2. The minimum atomic E-state index is -1.59. The van der Waals surface area contributed by atoms with Crippen LogP contribution in [0.5, 0.6) is 23.0 Å². The van der Waals surface area contributed by atoms with Crippen LogP contribution in [0.2, 0.25) is 0 Å². The van der Waals surface area contributed by atoms with Gasteiger partial charge in [-0.2, -0.15) is 0 Å². The summed E-state index contributed by atoms with van der Waals surface area (Å²) in [4.78, 5) is 6.82. The highest BCUT2D eigenvalue weighted by molar-refractivity contribution is 7.56. The largest absolute Gasteiger partial charge is 0.494 e. The van der Waals surface area contributed by atoms with Gasteiger partial charge >= 0.3 is 8.38 Å². The van der Waals surface area contributed by atoms with E-state index in [-0.39, 0.29) is 0 Å². The third-order valence-electron chi connectivity index (χ3n) is 3.88. The molecule has 0 atom stereocenters. The molecular formula is C22H17N2O4P. The first-order chi connectivity index (χ1) is 14.2. The quantitative estimate of drug-likeness (QED) is 0.363. The summed E-state index contributed by atoms with van der Waals surface area (Å²) < 4.78 is 23.1. The van der Waals surface area contributed by atoms with E-state index in [0.29, 0.717) is 34.4 Å². The van der Waals surface area contributed by atoms with Crippen LogP contribution >= 0.6 is 8.38 Å². The maximum absolute atomic E-state index is 7.16. The van der Waals surface area contributed by atoms with Gasteiger partial charge in [-0.25, -0.2) is 9.69 Å². The number of nitrogens with zero attached hydrogens (tertiary/aromatic N) is 2. The van der Waals surface area contributed by atoms with Gasteiger partial charge in [0.1, 0.15) is 0 Å². The SMILES string of the molecule is [C-]#[N+]c1ccc(OP(Oc2ccc([N+]#[C-])cc2OC)c2ccccc2)c(OC)c1. The lowest BCUT2D eigenvalue weighted by Gasteiger charge is -2.21. The first-order valence-corrected chi connectivity index (χ1v) is 9.68. The minimum absolute atomic E-state index is 0.445. The lowest BCUT2D eigenvalue weighted by atomic mass is 10.3. The van der Waals surface area contributed by atoms with E-state index in [1.54, 1.807) is 36.4 Å². The third kappa shape index (κ3) is 4.76. The van der Waals surface area contributed by atoms with Gasteiger partial charge < -0.3 is 18.5 Å². The average Bonchev–Trinajstić information content (AvgIpc) is 2.79. The van der Waals surface area contributed by atoms with Crippen molar-refractivity contribution in [2.45, 2.75) is 0 Å². The number of benzene rings is 3. The number of hydrogen-bond acceptors (Lipinski definition) is 4. The Bertz CT molecular complexity index is 1010. The highest BCUT2D eigenvalue weighted by Crippen LogP contribution is 2.46. The van der Waals surface area contributed by atoms with Crippen LogP contribution in [-0.4, -0.2) is 14.2 Å². The predicted molar refractivity (Wildman–Crippen MR) is 113 cm³/mol. The Labute approximate surface area is 170 Å². The van der Waals surface area contributed by atoms with Crippen molar-refractivity contribution in [3.05, 3.63) is 89.6 Å². The van der Waals surface area contributed by atoms with Crippen molar-refractivity contribution >= 4 is 25.1 Å². The molecule has 0 N–H and O–H groups in total. The summed E-state index contributed by atoms with van der Waals surface area (Å²) in [5.41, 5.74) is 0.908. The summed E-state index contributed by atoms with van der Waals surface area (Å²) in [7, 11) is 1.45. The predicted octanol–water partition coefficient (Wildman–Crippen LogP) is 5.90. The summed E-state index contributed by atoms with van der Waals surface area (Å²) in [5.74, 6) is 1.82. The van der Waals surface area contributed by atoms with Crippen molar-refractivity contribution in [1.29, 1.82) is 0 Å². The highest BCUT2D eigenvalue weighted by Gasteiger charge is 2.22. The fourth-order valence-corrected chi connectivity index (χ4v) is 3.78. The molecule has 0 spiro atoms. The minimum Gasteiger partial charge on any atom is -0.494 e. The van der Waals surface area contributed by atoms with Crippen LogP contribution in [0.3, 0.4) is 0 Å². The molecule has 144 valence electrons. The van der Waals surface area contributed by atoms with Gasteiger partial charge in [0.05, 0.1) is 32.7 Å². The van der Waals surface area contributed by atoms with Crippen molar-refractivity contribution < 1.29 is 18.5 Å². The zero-order valence-electron chi connectivity index (χ0n) is 15.8. The Morgan fingerprint density at radius 2 is 1.14 bits per heavy atom. The molecule has 29 heavy (non-hydrogen) atoms. The van der Waals surface area contributed by atoms with Crippen LogP contribution in [0.4, 0.5) is 11.4 Å². The van der Waals surface area contributed by atoms with Crippen molar-refractivity contribution in [2.75, 3.05) is 14.2 Å². The summed E-state index contributed by atoms with van der Waals surface area (Å²) in [5, 5.41) is 0.843. The molecule has 3 rings (SSSR count). The molecule has 0 radical (unpaired) electrons. The molecule has 0 aliphatic heterocycles. The van der Waals surface area contributed by atoms with E-state index in [2.05, 4.69) is 9.69 Å². The average molecular weight is 404 g/mol. The van der Waals surface area contributed by atoms with Gasteiger partial charge in [-0.1, -0.05) is 30.3 Å². The number of methoxy groups -OCH3 is 2. The molecule has 3 aromatic rings. The number of hydrogen-bond donors (Lipinski definition) is 0. The van der Waals surface area contributed by atoms with Gasteiger partial charge in [-0.05, 0) is 36.4 Å². The fourth-order valence-electron chi connectivity index (χ4n) is 2.45. The fraction of sp³-hybridized carbons (Fsp3) is 0.0909. The molecule has 0 bridgehead atoms. The zero-order valence-corrected chi connectivity index (χ0v) is 16.7. The van der Waals surface area contributed by atoms with Crippen molar-refractivity contribution in [1.82, 2.24) is 0 Å². The lowest BCUT2D eigenvalue weighted by Crippen LogP contribution is -2.10. The standard InChI is InChI=1S/C22H17N2O4P/c1-23-16-10-12-19(21(14-16)25-3)27-29(18-8-6-5-7-9-18)28-20-13-11-17(24-2)15-22(20)26-4/h5-15H,3-4H3. The Morgan fingerprint density at radius 3 is 1.55 bits per heavy atom. The number of rotatable bonds is 7. The first-order valence-electron chi connectivity index (χ1n) is 8.50. The molecule has 0 fully saturated rings. The second-order valence-electron chi connectivity index (χ2n) is 5.67. The van der Waals surface area contributed by atoms with Gasteiger partial charge in [-0.3, -0.25) is 0 Å². The van der Waals surface area contributed by atoms with E-state index in [0.717, 1.165) is 5.30 Å². The monoisotopic (exact) mass is 404 g/mol. The lowest BCUT2D eigenvalue weighted by molar-refractivity contribution is 0.382. The Kier molecular flexibility index (Phi) is 6.53. The first kappa shape index (κ1) is 20.0. The summed E-state index contributed by atoms with van der Waals surface area (Å²) >= 11 is 0. The third-order valence-corrected chi connectivity index (χ3v) is 5.33.